The Morgan fingerprint density at radius 2 is 1.67 bits per heavy atom. The average Bonchev–Trinajstić information content (AvgIpc) is 2.23. The fourth-order valence-electron chi connectivity index (χ4n) is 1.28. The predicted molar refractivity (Wildman–Crippen MR) is 58.8 cm³/mol. The molecule has 0 rings (SSSR count). The lowest BCUT2D eigenvalue weighted by Crippen LogP contribution is -1.85. The monoisotopic (exact) mass is 218 g/mol. The molecule has 0 aliphatic heterocycles. The summed E-state index contributed by atoms with van der Waals surface area (Å²) in [4.78, 5) is 0. The number of rotatable bonds is 8. The Morgan fingerprint density at radius 1 is 1.07 bits per heavy atom. The smallest absolute Gasteiger partial charge is 0.154 e. The number of aliphatic hydroxyl groups excluding tert-OH is 1. The lowest BCUT2D eigenvalue weighted by Gasteiger charge is -1.99. The van der Waals surface area contributed by atoms with E-state index in [1.165, 1.54) is 6.08 Å². The van der Waals surface area contributed by atoms with Crippen molar-refractivity contribution in [1.82, 2.24) is 0 Å². The van der Waals surface area contributed by atoms with Crippen molar-refractivity contribution >= 4 is 0 Å². The Hall–Kier alpha value is -0.700. The van der Waals surface area contributed by atoms with E-state index in [0.717, 1.165) is 31.8 Å². The van der Waals surface area contributed by atoms with E-state index in [2.05, 4.69) is 0 Å². The third kappa shape index (κ3) is 8.30. The molecule has 0 aromatic carbocycles. The molecular formula is C12H20F2O. The fraction of sp³-hybridized carbons (Fsp3) is 0.667. The first-order valence-corrected chi connectivity index (χ1v) is 5.50. The predicted octanol–water partition coefficient (Wildman–Crippen LogP) is 4.05. The molecule has 0 saturated carbocycles. The molecule has 0 spiro atoms. The molecule has 88 valence electrons. The van der Waals surface area contributed by atoms with E-state index in [1.54, 1.807) is 6.92 Å². The summed E-state index contributed by atoms with van der Waals surface area (Å²) in [5.41, 5.74) is 0. The van der Waals surface area contributed by atoms with Crippen molar-refractivity contribution < 1.29 is 13.9 Å². The molecule has 0 amide bonds. The van der Waals surface area contributed by atoms with Crippen LogP contribution in [-0.2, 0) is 0 Å². The van der Waals surface area contributed by atoms with Crippen LogP contribution in [-0.4, -0.2) is 11.7 Å². The minimum absolute atomic E-state index is 0.176. The molecule has 0 fully saturated rings. The molecule has 15 heavy (non-hydrogen) atoms. The molecule has 0 bridgehead atoms. The molecule has 0 saturated heterocycles. The van der Waals surface area contributed by atoms with Crippen molar-refractivity contribution in [2.24, 2.45) is 0 Å². The van der Waals surface area contributed by atoms with Gasteiger partial charge in [-0.3, -0.25) is 0 Å². The summed E-state index contributed by atoms with van der Waals surface area (Å²) in [6.45, 7) is 1.87. The highest BCUT2D eigenvalue weighted by molar-refractivity contribution is 5.14. The summed E-state index contributed by atoms with van der Waals surface area (Å²) >= 11 is 0. The number of unbranched alkanes of at least 4 members (excludes halogenated alkanes) is 4. The van der Waals surface area contributed by atoms with Gasteiger partial charge >= 0.3 is 0 Å². The number of allylic oxidation sites excluding steroid dienone is 4. The first kappa shape index (κ1) is 14.3. The molecule has 0 atom stereocenters. The minimum Gasteiger partial charge on any atom is -0.396 e. The zero-order valence-corrected chi connectivity index (χ0v) is 9.31. The molecule has 0 aliphatic carbocycles. The van der Waals surface area contributed by atoms with Crippen LogP contribution in [0.25, 0.3) is 0 Å². The molecule has 0 unspecified atom stereocenters. The second kappa shape index (κ2) is 9.84. The second-order valence-electron chi connectivity index (χ2n) is 3.49. The quantitative estimate of drug-likeness (QED) is 0.481. The molecule has 0 aromatic heterocycles. The highest BCUT2D eigenvalue weighted by Crippen LogP contribution is 2.17. The van der Waals surface area contributed by atoms with Gasteiger partial charge in [-0.15, -0.1) is 0 Å². The van der Waals surface area contributed by atoms with Crippen LogP contribution >= 0.6 is 0 Å². The van der Waals surface area contributed by atoms with Gasteiger partial charge in [0.05, 0.1) is 0 Å². The average molecular weight is 218 g/mol. The summed E-state index contributed by atoms with van der Waals surface area (Å²) in [6, 6.07) is 0. The number of halogens is 2. The zero-order chi connectivity index (χ0) is 11.5. The Bertz CT molecular complexity index is 210. The van der Waals surface area contributed by atoms with Gasteiger partial charge in [0.1, 0.15) is 5.83 Å². The lowest BCUT2D eigenvalue weighted by molar-refractivity contribution is 0.282. The molecule has 1 N–H and O–H groups in total. The fourth-order valence-corrected chi connectivity index (χ4v) is 1.28. The van der Waals surface area contributed by atoms with E-state index in [-0.39, 0.29) is 13.0 Å². The van der Waals surface area contributed by atoms with Crippen molar-refractivity contribution in [2.45, 2.75) is 45.4 Å². The first-order valence-electron chi connectivity index (χ1n) is 5.50. The molecular weight excluding hydrogens is 198 g/mol. The van der Waals surface area contributed by atoms with Gasteiger partial charge in [-0.05, 0) is 25.8 Å². The van der Waals surface area contributed by atoms with Crippen LogP contribution in [0, 0.1) is 0 Å². The number of aliphatic hydroxyl groups is 1. The number of hydrogen-bond acceptors (Lipinski definition) is 1. The maximum atomic E-state index is 13.0. The van der Waals surface area contributed by atoms with Gasteiger partial charge in [-0.25, -0.2) is 8.78 Å². The normalized spacial score (nSPS) is 13.3. The van der Waals surface area contributed by atoms with Crippen LogP contribution in [0.4, 0.5) is 8.78 Å². The summed E-state index contributed by atoms with van der Waals surface area (Å²) in [7, 11) is 0. The van der Waals surface area contributed by atoms with Crippen LogP contribution in [0.3, 0.4) is 0 Å². The van der Waals surface area contributed by atoms with Gasteiger partial charge in [0.15, 0.2) is 5.83 Å². The molecule has 0 heterocycles. The van der Waals surface area contributed by atoms with Gasteiger partial charge < -0.3 is 5.11 Å². The third-order valence-electron chi connectivity index (χ3n) is 2.13. The van der Waals surface area contributed by atoms with Gasteiger partial charge in [-0.1, -0.05) is 25.3 Å². The zero-order valence-electron chi connectivity index (χ0n) is 9.31. The van der Waals surface area contributed by atoms with Crippen LogP contribution in [0.1, 0.15) is 45.4 Å². The standard InChI is InChI=1S/C12H20F2O/c1-2-8-11(13)12(14)9-6-4-3-5-7-10-15/h2,8,15H,3-7,9-10H2,1H3/b8-2+,12-11+. The van der Waals surface area contributed by atoms with Crippen molar-refractivity contribution in [2.75, 3.05) is 6.61 Å². The highest BCUT2D eigenvalue weighted by atomic mass is 19.2. The first-order chi connectivity index (χ1) is 7.22. The van der Waals surface area contributed by atoms with Crippen molar-refractivity contribution in [1.29, 1.82) is 0 Å². The highest BCUT2D eigenvalue weighted by Gasteiger charge is 2.02. The van der Waals surface area contributed by atoms with E-state index in [1.807, 2.05) is 0 Å². The van der Waals surface area contributed by atoms with Crippen LogP contribution in [0.15, 0.2) is 23.8 Å². The largest absolute Gasteiger partial charge is 0.396 e. The Morgan fingerprint density at radius 3 is 2.27 bits per heavy atom. The molecule has 0 radical (unpaired) electrons. The van der Waals surface area contributed by atoms with E-state index < -0.39 is 11.7 Å². The Labute approximate surface area is 90.5 Å². The van der Waals surface area contributed by atoms with Crippen molar-refractivity contribution in [3.8, 4) is 0 Å². The van der Waals surface area contributed by atoms with Gasteiger partial charge in [0, 0.05) is 13.0 Å². The molecule has 1 nitrogen and oxygen atoms in total. The minimum atomic E-state index is -0.757. The maximum absolute atomic E-state index is 13.0. The topological polar surface area (TPSA) is 20.2 Å². The SMILES string of the molecule is C/C=C/C(F)=C(\F)CCCCCCCO. The van der Waals surface area contributed by atoms with E-state index in [4.69, 9.17) is 5.11 Å². The molecule has 0 aliphatic rings. The summed E-state index contributed by atoms with van der Waals surface area (Å²) < 4.78 is 25.8. The van der Waals surface area contributed by atoms with Crippen molar-refractivity contribution in [3.05, 3.63) is 23.8 Å². The van der Waals surface area contributed by atoms with E-state index in [0.29, 0.717) is 6.42 Å². The van der Waals surface area contributed by atoms with Gasteiger partial charge in [0.25, 0.3) is 0 Å². The lowest BCUT2D eigenvalue weighted by atomic mass is 10.1. The Kier molecular flexibility index (Phi) is 9.38. The van der Waals surface area contributed by atoms with Crippen LogP contribution < -0.4 is 0 Å². The van der Waals surface area contributed by atoms with Crippen LogP contribution in [0.2, 0.25) is 0 Å². The van der Waals surface area contributed by atoms with E-state index >= 15 is 0 Å². The summed E-state index contributed by atoms with van der Waals surface area (Å²) in [5.74, 6) is -1.41. The van der Waals surface area contributed by atoms with E-state index in [9.17, 15) is 8.78 Å². The molecule has 3 heteroatoms. The van der Waals surface area contributed by atoms with Gasteiger partial charge in [0.2, 0.25) is 0 Å². The maximum Gasteiger partial charge on any atom is 0.154 e. The van der Waals surface area contributed by atoms with Crippen LogP contribution in [0.5, 0.6) is 0 Å². The third-order valence-corrected chi connectivity index (χ3v) is 2.13. The Balaban J connectivity index is 3.54. The summed E-state index contributed by atoms with van der Waals surface area (Å²) in [5, 5.41) is 8.52. The molecule has 0 aromatic rings. The van der Waals surface area contributed by atoms with Gasteiger partial charge in [-0.2, -0.15) is 0 Å². The van der Waals surface area contributed by atoms with Crippen molar-refractivity contribution in [3.63, 3.8) is 0 Å². The number of hydrogen-bond donors (Lipinski definition) is 1. The second-order valence-corrected chi connectivity index (χ2v) is 3.49. The summed E-state index contributed by atoms with van der Waals surface area (Å²) in [6.07, 6.45) is 7.08.